The molecule has 0 spiro atoms. The summed E-state index contributed by atoms with van der Waals surface area (Å²) in [6.07, 6.45) is 4.73. The maximum Gasteiger partial charge on any atom is 0.0897 e. The highest BCUT2D eigenvalue weighted by molar-refractivity contribution is 4.74. The van der Waals surface area contributed by atoms with E-state index in [9.17, 15) is 5.11 Å². The van der Waals surface area contributed by atoms with Gasteiger partial charge in [-0.15, -0.1) is 0 Å². The molecule has 0 heterocycles. The van der Waals surface area contributed by atoms with Gasteiger partial charge in [0, 0.05) is 19.2 Å². The highest BCUT2D eigenvalue weighted by Crippen LogP contribution is 2.17. The summed E-state index contributed by atoms with van der Waals surface area (Å²) in [5.41, 5.74) is 0. The van der Waals surface area contributed by atoms with Crippen LogP contribution < -0.4 is 5.32 Å². The Labute approximate surface area is 98.3 Å². The number of rotatable bonds is 9. The molecule has 0 aromatic carbocycles. The van der Waals surface area contributed by atoms with Crippen LogP contribution in [0, 0.1) is 0 Å². The van der Waals surface area contributed by atoms with E-state index < -0.39 is 6.10 Å². The summed E-state index contributed by atoms with van der Waals surface area (Å²) >= 11 is 0. The second-order valence-corrected chi connectivity index (χ2v) is 4.32. The Balaban J connectivity index is 1.87. The summed E-state index contributed by atoms with van der Waals surface area (Å²) < 4.78 is 10.4. The molecule has 4 heteroatoms. The molecule has 1 rings (SSSR count). The Bertz CT molecular complexity index is 160. The lowest BCUT2D eigenvalue weighted by molar-refractivity contribution is 0.00579. The third-order valence-electron chi connectivity index (χ3n) is 2.88. The average Bonchev–Trinajstić information content (AvgIpc) is 2.79. The first-order chi connectivity index (χ1) is 7.83. The molecule has 1 saturated carbocycles. The van der Waals surface area contributed by atoms with Crippen LogP contribution in [0.4, 0.5) is 0 Å². The quantitative estimate of drug-likeness (QED) is 0.580. The van der Waals surface area contributed by atoms with Crippen molar-refractivity contribution >= 4 is 0 Å². The van der Waals surface area contributed by atoms with Gasteiger partial charge >= 0.3 is 0 Å². The van der Waals surface area contributed by atoms with Crippen LogP contribution in [0.5, 0.6) is 0 Å². The molecule has 0 aromatic rings. The summed E-state index contributed by atoms with van der Waals surface area (Å²) in [6, 6.07) is 0.609. The van der Waals surface area contributed by atoms with E-state index in [4.69, 9.17) is 9.47 Å². The highest BCUT2D eigenvalue weighted by atomic mass is 16.5. The SMILES string of the molecule is CCOCCOCC(O)CNC1CCCC1. The molecule has 1 atom stereocenters. The molecule has 0 radical (unpaired) electrons. The van der Waals surface area contributed by atoms with Crippen LogP contribution in [0.25, 0.3) is 0 Å². The van der Waals surface area contributed by atoms with Crippen molar-refractivity contribution in [3.05, 3.63) is 0 Å². The molecule has 1 aliphatic carbocycles. The molecule has 0 saturated heterocycles. The molecule has 2 N–H and O–H groups in total. The van der Waals surface area contributed by atoms with Crippen LogP contribution >= 0.6 is 0 Å². The normalized spacial score (nSPS) is 19.1. The number of hydrogen-bond acceptors (Lipinski definition) is 4. The Morgan fingerprint density at radius 3 is 2.62 bits per heavy atom. The van der Waals surface area contributed by atoms with Crippen LogP contribution in [0.2, 0.25) is 0 Å². The van der Waals surface area contributed by atoms with Gasteiger partial charge in [0.1, 0.15) is 0 Å². The zero-order valence-electron chi connectivity index (χ0n) is 10.3. The van der Waals surface area contributed by atoms with Gasteiger partial charge in [0.15, 0.2) is 0 Å². The van der Waals surface area contributed by atoms with Gasteiger partial charge < -0.3 is 19.9 Å². The first-order valence-corrected chi connectivity index (χ1v) is 6.40. The summed E-state index contributed by atoms with van der Waals surface area (Å²) in [5, 5.41) is 13.0. The predicted molar refractivity (Wildman–Crippen MR) is 63.6 cm³/mol. The zero-order chi connectivity index (χ0) is 11.6. The summed E-state index contributed by atoms with van der Waals surface area (Å²) in [7, 11) is 0. The van der Waals surface area contributed by atoms with Gasteiger partial charge in [-0.25, -0.2) is 0 Å². The molecule has 0 bridgehead atoms. The Morgan fingerprint density at radius 1 is 1.25 bits per heavy atom. The molecular weight excluding hydrogens is 206 g/mol. The molecule has 16 heavy (non-hydrogen) atoms. The minimum atomic E-state index is -0.401. The average molecular weight is 231 g/mol. The number of aliphatic hydroxyl groups is 1. The number of hydrogen-bond donors (Lipinski definition) is 2. The van der Waals surface area contributed by atoms with E-state index in [1.165, 1.54) is 25.7 Å². The van der Waals surface area contributed by atoms with Crippen LogP contribution in [0.15, 0.2) is 0 Å². The van der Waals surface area contributed by atoms with Gasteiger partial charge in [0.2, 0.25) is 0 Å². The monoisotopic (exact) mass is 231 g/mol. The molecule has 0 aromatic heterocycles. The third-order valence-corrected chi connectivity index (χ3v) is 2.88. The van der Waals surface area contributed by atoms with E-state index >= 15 is 0 Å². The standard InChI is InChI=1S/C12H25NO3/c1-2-15-7-8-16-10-12(14)9-13-11-5-3-4-6-11/h11-14H,2-10H2,1H3. The van der Waals surface area contributed by atoms with Crippen molar-refractivity contribution in [2.75, 3.05) is 33.0 Å². The van der Waals surface area contributed by atoms with Gasteiger partial charge in [0.25, 0.3) is 0 Å². The van der Waals surface area contributed by atoms with Crippen LogP contribution in [-0.4, -0.2) is 50.2 Å². The van der Waals surface area contributed by atoms with Crippen molar-refractivity contribution in [3.63, 3.8) is 0 Å². The minimum Gasteiger partial charge on any atom is -0.389 e. The van der Waals surface area contributed by atoms with Crippen molar-refractivity contribution < 1.29 is 14.6 Å². The summed E-state index contributed by atoms with van der Waals surface area (Å²) in [4.78, 5) is 0. The van der Waals surface area contributed by atoms with Crippen LogP contribution in [0.3, 0.4) is 0 Å². The second-order valence-electron chi connectivity index (χ2n) is 4.32. The molecule has 1 unspecified atom stereocenters. The van der Waals surface area contributed by atoms with E-state index in [-0.39, 0.29) is 0 Å². The van der Waals surface area contributed by atoms with Gasteiger partial charge in [-0.3, -0.25) is 0 Å². The van der Waals surface area contributed by atoms with E-state index in [1.54, 1.807) is 0 Å². The molecule has 96 valence electrons. The molecule has 0 aliphatic heterocycles. The van der Waals surface area contributed by atoms with Gasteiger partial charge in [-0.1, -0.05) is 12.8 Å². The fraction of sp³-hybridized carbons (Fsp3) is 1.00. The van der Waals surface area contributed by atoms with Crippen molar-refractivity contribution in [1.29, 1.82) is 0 Å². The minimum absolute atomic E-state index is 0.396. The lowest BCUT2D eigenvalue weighted by Crippen LogP contribution is -2.36. The number of aliphatic hydroxyl groups excluding tert-OH is 1. The van der Waals surface area contributed by atoms with Crippen molar-refractivity contribution in [2.24, 2.45) is 0 Å². The largest absolute Gasteiger partial charge is 0.389 e. The van der Waals surface area contributed by atoms with E-state index in [2.05, 4.69) is 5.32 Å². The van der Waals surface area contributed by atoms with Crippen molar-refractivity contribution in [3.8, 4) is 0 Å². The smallest absolute Gasteiger partial charge is 0.0897 e. The van der Waals surface area contributed by atoms with Crippen molar-refractivity contribution in [1.82, 2.24) is 5.32 Å². The topological polar surface area (TPSA) is 50.7 Å². The molecule has 0 amide bonds. The Morgan fingerprint density at radius 2 is 1.94 bits per heavy atom. The first kappa shape index (κ1) is 13.9. The predicted octanol–water partition coefficient (Wildman–Crippen LogP) is 0.933. The molecule has 4 nitrogen and oxygen atoms in total. The van der Waals surface area contributed by atoms with E-state index in [0.29, 0.717) is 32.4 Å². The Hall–Kier alpha value is -0.160. The lowest BCUT2D eigenvalue weighted by atomic mass is 10.2. The lowest BCUT2D eigenvalue weighted by Gasteiger charge is -2.16. The third kappa shape index (κ3) is 6.43. The van der Waals surface area contributed by atoms with Gasteiger partial charge in [-0.2, -0.15) is 0 Å². The highest BCUT2D eigenvalue weighted by Gasteiger charge is 2.15. The fourth-order valence-corrected chi connectivity index (χ4v) is 1.97. The van der Waals surface area contributed by atoms with Gasteiger partial charge in [-0.05, 0) is 19.8 Å². The summed E-state index contributed by atoms with van der Waals surface area (Å²) in [6.45, 7) is 4.88. The van der Waals surface area contributed by atoms with Crippen molar-refractivity contribution in [2.45, 2.75) is 44.8 Å². The number of nitrogens with one attached hydrogen (secondary N) is 1. The number of ether oxygens (including phenoxy) is 2. The second kappa shape index (κ2) is 8.93. The fourth-order valence-electron chi connectivity index (χ4n) is 1.97. The maximum atomic E-state index is 9.64. The zero-order valence-corrected chi connectivity index (χ0v) is 10.3. The van der Waals surface area contributed by atoms with E-state index in [1.807, 2.05) is 6.92 Å². The summed E-state index contributed by atoms with van der Waals surface area (Å²) in [5.74, 6) is 0. The molecule has 1 aliphatic rings. The van der Waals surface area contributed by atoms with E-state index in [0.717, 1.165) is 6.61 Å². The van der Waals surface area contributed by atoms with Crippen LogP contribution in [0.1, 0.15) is 32.6 Å². The first-order valence-electron chi connectivity index (χ1n) is 6.40. The molecular formula is C12H25NO3. The molecule has 1 fully saturated rings. The van der Waals surface area contributed by atoms with Crippen LogP contribution in [-0.2, 0) is 9.47 Å². The Kier molecular flexibility index (Phi) is 7.76. The van der Waals surface area contributed by atoms with Gasteiger partial charge in [0.05, 0.1) is 25.9 Å². The maximum absolute atomic E-state index is 9.64.